The van der Waals surface area contributed by atoms with Gasteiger partial charge in [-0.1, -0.05) is 35.1 Å². The molecule has 0 atom stereocenters. The largest absolute Gasteiger partial charge is 0.412 e. The van der Waals surface area contributed by atoms with E-state index in [1.54, 1.807) is 0 Å². The average Bonchev–Trinajstić information content (AvgIpc) is 2.68. The van der Waals surface area contributed by atoms with E-state index in [1.807, 2.05) is 18.2 Å². The molecule has 0 spiro atoms. The van der Waals surface area contributed by atoms with Crippen LogP contribution in [0.4, 0.5) is 5.13 Å². The van der Waals surface area contributed by atoms with Crippen molar-refractivity contribution in [3.05, 3.63) is 42.0 Å². The first-order valence-electron chi connectivity index (χ1n) is 5.32. The molecule has 3 rings (SSSR count). The van der Waals surface area contributed by atoms with E-state index in [1.165, 1.54) is 16.9 Å². The molecule has 0 amide bonds. The Labute approximate surface area is 108 Å². The van der Waals surface area contributed by atoms with Gasteiger partial charge in [0.1, 0.15) is 10.3 Å². The van der Waals surface area contributed by atoms with Gasteiger partial charge in [-0.3, -0.25) is 0 Å². The summed E-state index contributed by atoms with van der Waals surface area (Å²) in [5.74, 6) is 0. The number of pyridine rings is 1. The molecule has 0 fully saturated rings. The Morgan fingerprint density at radius 3 is 2.72 bits per heavy atom. The smallest absolute Gasteiger partial charge is 0.182 e. The molecule has 0 aliphatic carbocycles. The van der Waals surface area contributed by atoms with Crippen molar-refractivity contribution in [3.63, 3.8) is 0 Å². The molecule has 2 aromatic heterocycles. The van der Waals surface area contributed by atoms with Crippen LogP contribution in [-0.2, 0) is 0 Å². The number of hydrogen-bond acceptors (Lipinski definition) is 4. The number of nitrogens with two attached hydrogens (primary N) is 1. The Hall–Kier alpha value is -1.98. The molecule has 0 aliphatic rings. The van der Waals surface area contributed by atoms with Crippen LogP contribution in [0.2, 0.25) is 0 Å². The fourth-order valence-electron chi connectivity index (χ4n) is 1.80. The van der Waals surface area contributed by atoms with Gasteiger partial charge >= 0.3 is 0 Å². The lowest BCUT2D eigenvalue weighted by molar-refractivity contribution is 0.824. The quantitative estimate of drug-likeness (QED) is 0.728. The summed E-state index contributed by atoms with van der Waals surface area (Å²) >= 11 is 1.42. The van der Waals surface area contributed by atoms with E-state index in [0.29, 0.717) is 5.13 Å². The van der Waals surface area contributed by atoms with Gasteiger partial charge in [-0.15, -0.1) is 0 Å². The van der Waals surface area contributed by atoms with Crippen LogP contribution in [0.3, 0.4) is 0 Å². The monoisotopic (exact) mass is 259 g/mol. The highest BCUT2D eigenvalue weighted by molar-refractivity contribution is 7.21. The number of aryl methyl sites for hydroxylation is 1. The number of hydrogen-bond donors (Lipinski definition) is 1. The zero-order valence-corrected chi connectivity index (χ0v) is 10.7. The molecule has 2 heterocycles. The third-order valence-corrected chi connectivity index (χ3v) is 3.38. The van der Waals surface area contributed by atoms with Crippen LogP contribution in [0.25, 0.3) is 21.6 Å². The first-order valence-corrected chi connectivity index (χ1v) is 6.14. The molecule has 0 aliphatic heterocycles. The summed E-state index contributed by atoms with van der Waals surface area (Å²) in [6, 6.07) is 12.2. The van der Waals surface area contributed by atoms with Crippen LogP contribution in [0.15, 0.2) is 36.4 Å². The SMILES string of the molecule is Cc1cccc(-c2ccc3nc(N)sc3n2)c1.O. The van der Waals surface area contributed by atoms with Crippen molar-refractivity contribution in [2.24, 2.45) is 0 Å². The number of thiazole rings is 1. The summed E-state index contributed by atoms with van der Waals surface area (Å²) in [6.07, 6.45) is 0. The van der Waals surface area contributed by atoms with Gasteiger partial charge in [0, 0.05) is 5.56 Å². The van der Waals surface area contributed by atoms with Crippen LogP contribution in [0.5, 0.6) is 0 Å². The van der Waals surface area contributed by atoms with E-state index in [0.717, 1.165) is 21.6 Å². The third kappa shape index (κ3) is 2.18. The third-order valence-electron chi connectivity index (χ3n) is 2.59. The highest BCUT2D eigenvalue weighted by Crippen LogP contribution is 2.26. The van der Waals surface area contributed by atoms with E-state index in [9.17, 15) is 0 Å². The lowest BCUT2D eigenvalue weighted by Crippen LogP contribution is -1.84. The molecule has 92 valence electrons. The Morgan fingerprint density at radius 1 is 1.11 bits per heavy atom. The normalized spacial score (nSPS) is 10.3. The van der Waals surface area contributed by atoms with Gasteiger partial charge in [-0.2, -0.15) is 0 Å². The molecule has 1 aromatic carbocycles. The van der Waals surface area contributed by atoms with Crippen molar-refractivity contribution in [3.8, 4) is 11.3 Å². The number of nitrogens with zero attached hydrogens (tertiary/aromatic N) is 2. The Bertz CT molecular complexity index is 694. The fourth-order valence-corrected chi connectivity index (χ4v) is 2.50. The summed E-state index contributed by atoms with van der Waals surface area (Å²) in [5.41, 5.74) is 9.85. The highest BCUT2D eigenvalue weighted by atomic mass is 32.1. The number of benzene rings is 1. The second-order valence-corrected chi connectivity index (χ2v) is 4.95. The van der Waals surface area contributed by atoms with Crippen molar-refractivity contribution in [2.75, 3.05) is 5.73 Å². The molecule has 18 heavy (non-hydrogen) atoms. The van der Waals surface area contributed by atoms with Crippen LogP contribution >= 0.6 is 11.3 Å². The van der Waals surface area contributed by atoms with Crippen molar-refractivity contribution >= 4 is 26.8 Å². The standard InChI is InChI=1S/C13H11N3S.H2O/c1-8-3-2-4-9(7-8)10-5-6-11-12(15-10)17-13(14)16-11;/h2-7H,1H3,(H2,14,16);1H2. The minimum atomic E-state index is 0. The topological polar surface area (TPSA) is 83.3 Å². The number of aromatic nitrogens is 2. The summed E-state index contributed by atoms with van der Waals surface area (Å²) in [7, 11) is 0. The van der Waals surface area contributed by atoms with E-state index in [4.69, 9.17) is 5.73 Å². The second kappa shape index (κ2) is 4.72. The van der Waals surface area contributed by atoms with Gasteiger partial charge in [0.2, 0.25) is 0 Å². The Morgan fingerprint density at radius 2 is 1.94 bits per heavy atom. The molecule has 0 saturated heterocycles. The number of rotatable bonds is 1. The first kappa shape index (κ1) is 12.5. The summed E-state index contributed by atoms with van der Waals surface area (Å²) < 4.78 is 0. The highest BCUT2D eigenvalue weighted by Gasteiger charge is 2.05. The van der Waals surface area contributed by atoms with Crippen LogP contribution < -0.4 is 5.73 Å². The predicted octanol–water partition coefficient (Wildman–Crippen LogP) is 2.42. The number of fused-ring (bicyclic) bond motifs is 1. The van der Waals surface area contributed by atoms with Crippen LogP contribution in [-0.4, -0.2) is 15.4 Å². The minimum Gasteiger partial charge on any atom is -0.412 e. The summed E-state index contributed by atoms with van der Waals surface area (Å²) in [4.78, 5) is 9.67. The van der Waals surface area contributed by atoms with Crippen molar-refractivity contribution in [1.29, 1.82) is 0 Å². The van der Waals surface area contributed by atoms with Gasteiger partial charge in [0.05, 0.1) is 5.69 Å². The lowest BCUT2D eigenvalue weighted by atomic mass is 10.1. The minimum absolute atomic E-state index is 0. The molecule has 0 saturated carbocycles. The molecule has 0 unspecified atom stereocenters. The average molecular weight is 259 g/mol. The number of nitrogen functional groups attached to an aromatic ring is 1. The molecule has 5 heteroatoms. The Kier molecular flexibility index (Phi) is 3.27. The van der Waals surface area contributed by atoms with Gasteiger partial charge in [-0.25, -0.2) is 9.97 Å². The molecule has 4 nitrogen and oxygen atoms in total. The molecule has 4 N–H and O–H groups in total. The Balaban J connectivity index is 0.00000120. The zero-order chi connectivity index (χ0) is 11.8. The maximum Gasteiger partial charge on any atom is 0.182 e. The van der Waals surface area contributed by atoms with Crippen molar-refractivity contribution in [1.82, 2.24) is 9.97 Å². The first-order chi connectivity index (χ1) is 8.22. The fraction of sp³-hybridized carbons (Fsp3) is 0.0769. The lowest BCUT2D eigenvalue weighted by Gasteiger charge is -2.01. The van der Waals surface area contributed by atoms with Crippen molar-refractivity contribution < 1.29 is 5.48 Å². The maximum absolute atomic E-state index is 5.67. The van der Waals surface area contributed by atoms with E-state index in [2.05, 4.69) is 35.1 Å². The van der Waals surface area contributed by atoms with Crippen LogP contribution in [0, 0.1) is 6.92 Å². The van der Waals surface area contributed by atoms with Gasteiger partial charge in [0.25, 0.3) is 0 Å². The summed E-state index contributed by atoms with van der Waals surface area (Å²) in [6.45, 7) is 2.08. The maximum atomic E-state index is 5.67. The van der Waals surface area contributed by atoms with E-state index in [-0.39, 0.29) is 5.48 Å². The van der Waals surface area contributed by atoms with E-state index < -0.39 is 0 Å². The van der Waals surface area contributed by atoms with Gasteiger partial charge in [0.15, 0.2) is 5.13 Å². The molecule has 3 aromatic rings. The van der Waals surface area contributed by atoms with Gasteiger partial charge in [-0.05, 0) is 25.1 Å². The molecular weight excluding hydrogens is 246 g/mol. The molecule has 0 bridgehead atoms. The van der Waals surface area contributed by atoms with Crippen molar-refractivity contribution in [2.45, 2.75) is 6.92 Å². The number of anilines is 1. The predicted molar refractivity (Wildman–Crippen MR) is 75.6 cm³/mol. The molecule has 0 radical (unpaired) electrons. The van der Waals surface area contributed by atoms with Gasteiger partial charge < -0.3 is 11.2 Å². The summed E-state index contributed by atoms with van der Waals surface area (Å²) in [5, 5.41) is 0.564. The second-order valence-electron chi connectivity index (χ2n) is 3.94. The zero-order valence-electron chi connectivity index (χ0n) is 9.84. The van der Waals surface area contributed by atoms with Crippen LogP contribution in [0.1, 0.15) is 5.56 Å². The van der Waals surface area contributed by atoms with E-state index >= 15 is 0 Å². The molecular formula is C13H13N3OS.